The van der Waals surface area contributed by atoms with Crippen molar-refractivity contribution >= 4 is 35.9 Å². The molecule has 0 fully saturated rings. The molecule has 0 radical (unpaired) electrons. The van der Waals surface area contributed by atoms with E-state index >= 15 is 0 Å². The molecule has 104 valence electrons. The van der Waals surface area contributed by atoms with Crippen LogP contribution in [0.15, 0.2) is 4.34 Å². The Morgan fingerprint density at radius 1 is 1.22 bits per heavy atom. The number of aromatic nitrogens is 2. The number of rotatable bonds is 9. The van der Waals surface area contributed by atoms with Crippen molar-refractivity contribution in [2.24, 2.45) is 5.41 Å². The van der Waals surface area contributed by atoms with Crippen LogP contribution in [0.5, 0.6) is 0 Å². The van der Waals surface area contributed by atoms with Gasteiger partial charge in [-0.15, -0.1) is 0 Å². The average molecular weight is 305 g/mol. The lowest BCUT2D eigenvalue weighted by molar-refractivity contribution is 0.318. The summed E-state index contributed by atoms with van der Waals surface area (Å²) >= 11 is 8.00. The summed E-state index contributed by atoms with van der Waals surface area (Å²) in [5.41, 5.74) is 0.370. The summed E-state index contributed by atoms with van der Waals surface area (Å²) in [4.78, 5) is 4.53. The van der Waals surface area contributed by atoms with E-state index in [4.69, 9.17) is 0 Å². The van der Waals surface area contributed by atoms with Crippen LogP contribution < -0.4 is 0 Å². The van der Waals surface area contributed by atoms with Gasteiger partial charge < -0.3 is 0 Å². The summed E-state index contributed by atoms with van der Waals surface area (Å²) < 4.78 is 5.46. The topological polar surface area (TPSA) is 25.8 Å². The zero-order valence-corrected chi connectivity index (χ0v) is 14.1. The molecule has 0 bridgehead atoms. The minimum absolute atomic E-state index is 0.370. The van der Waals surface area contributed by atoms with Gasteiger partial charge in [-0.2, -0.15) is 17.0 Å². The van der Waals surface area contributed by atoms with Gasteiger partial charge in [-0.1, -0.05) is 45.4 Å². The average Bonchev–Trinajstić information content (AvgIpc) is 2.84. The molecular formula is C13H24N2S3. The van der Waals surface area contributed by atoms with Gasteiger partial charge in [-0.05, 0) is 35.5 Å². The molecule has 1 heterocycles. The highest BCUT2D eigenvalue weighted by atomic mass is 32.2. The van der Waals surface area contributed by atoms with Gasteiger partial charge in [0.05, 0.1) is 0 Å². The van der Waals surface area contributed by atoms with Crippen LogP contribution in [0, 0.1) is 5.41 Å². The Hall–Kier alpha value is 0.260. The fourth-order valence-corrected chi connectivity index (χ4v) is 4.76. The zero-order valence-electron chi connectivity index (χ0n) is 11.6. The lowest BCUT2D eigenvalue weighted by Crippen LogP contribution is -2.25. The predicted octanol–water partition coefficient (Wildman–Crippen LogP) is 4.71. The van der Waals surface area contributed by atoms with Crippen LogP contribution >= 0.6 is 35.9 Å². The molecule has 0 atom stereocenters. The Labute approximate surface area is 125 Å². The number of thioether (sulfide) groups is 1. The zero-order chi connectivity index (χ0) is 13.4. The van der Waals surface area contributed by atoms with Gasteiger partial charge >= 0.3 is 0 Å². The summed E-state index contributed by atoms with van der Waals surface area (Å²) in [5.74, 6) is 3.07. The van der Waals surface area contributed by atoms with Crippen LogP contribution in [-0.2, 0) is 6.42 Å². The van der Waals surface area contributed by atoms with Crippen molar-refractivity contribution in [3.63, 3.8) is 0 Å². The third-order valence-electron chi connectivity index (χ3n) is 3.16. The number of nitrogens with zero attached hydrogens (tertiary/aromatic N) is 2. The van der Waals surface area contributed by atoms with E-state index in [1.807, 2.05) is 11.8 Å². The van der Waals surface area contributed by atoms with E-state index in [-0.39, 0.29) is 0 Å². The molecule has 0 unspecified atom stereocenters. The normalized spacial score (nSPS) is 12.0. The van der Waals surface area contributed by atoms with Gasteiger partial charge in [0.15, 0.2) is 4.34 Å². The summed E-state index contributed by atoms with van der Waals surface area (Å²) in [7, 11) is 0. The second kappa shape index (κ2) is 8.43. The maximum absolute atomic E-state index is 4.59. The second-order valence-corrected chi connectivity index (χ2v) is 7.07. The number of hydrogen-bond acceptors (Lipinski definition) is 5. The molecule has 0 aromatic carbocycles. The third-order valence-corrected chi connectivity index (χ3v) is 6.06. The standard InChI is InChI=1S/C13H24N2S3/c1-4-7-13(9-16,8-5-2)10-17-12-14-11(6-3)15-18-12/h16H,4-10H2,1-3H3. The molecule has 0 aliphatic carbocycles. The first kappa shape index (κ1) is 16.3. The van der Waals surface area contributed by atoms with Gasteiger partial charge in [0.1, 0.15) is 5.82 Å². The van der Waals surface area contributed by atoms with Crippen molar-refractivity contribution in [2.45, 2.75) is 57.2 Å². The highest BCUT2D eigenvalue weighted by molar-refractivity contribution is 8.01. The fraction of sp³-hybridized carbons (Fsp3) is 0.846. The van der Waals surface area contributed by atoms with Crippen LogP contribution in [0.1, 0.15) is 52.3 Å². The van der Waals surface area contributed by atoms with E-state index < -0.39 is 0 Å². The number of thiol groups is 1. The molecule has 0 saturated heterocycles. The summed E-state index contributed by atoms with van der Waals surface area (Å²) in [6, 6.07) is 0. The van der Waals surface area contributed by atoms with Gasteiger partial charge in [-0.25, -0.2) is 4.98 Å². The first-order chi connectivity index (χ1) is 8.69. The Balaban J connectivity index is 2.60. The molecule has 0 spiro atoms. The predicted molar refractivity (Wildman–Crippen MR) is 86.1 cm³/mol. The van der Waals surface area contributed by atoms with Crippen molar-refractivity contribution in [1.82, 2.24) is 9.36 Å². The number of aryl methyl sites for hydroxylation is 1. The molecule has 0 amide bonds. The summed E-state index contributed by atoms with van der Waals surface area (Å²) in [5, 5.41) is 0. The van der Waals surface area contributed by atoms with E-state index in [0.29, 0.717) is 5.41 Å². The van der Waals surface area contributed by atoms with Crippen molar-refractivity contribution in [3.05, 3.63) is 5.82 Å². The largest absolute Gasteiger partial charge is 0.213 e. The van der Waals surface area contributed by atoms with Crippen molar-refractivity contribution in [3.8, 4) is 0 Å². The fourth-order valence-electron chi connectivity index (χ4n) is 2.19. The molecule has 0 N–H and O–H groups in total. The summed E-state index contributed by atoms with van der Waals surface area (Å²) in [6.45, 7) is 6.62. The maximum atomic E-state index is 4.59. The Morgan fingerprint density at radius 3 is 2.33 bits per heavy atom. The second-order valence-electron chi connectivity index (χ2n) is 4.78. The van der Waals surface area contributed by atoms with Crippen LogP contribution in [0.3, 0.4) is 0 Å². The molecule has 18 heavy (non-hydrogen) atoms. The SMILES string of the molecule is CCCC(CS)(CCC)CSc1nc(CC)ns1. The highest BCUT2D eigenvalue weighted by Gasteiger charge is 2.27. The van der Waals surface area contributed by atoms with E-state index in [1.165, 1.54) is 37.2 Å². The monoisotopic (exact) mass is 304 g/mol. The van der Waals surface area contributed by atoms with Gasteiger partial charge in [0.25, 0.3) is 0 Å². The first-order valence-electron chi connectivity index (χ1n) is 6.76. The Bertz CT molecular complexity index is 333. The van der Waals surface area contributed by atoms with Crippen molar-refractivity contribution in [2.75, 3.05) is 11.5 Å². The Kier molecular flexibility index (Phi) is 7.64. The molecule has 0 aliphatic heterocycles. The third kappa shape index (κ3) is 4.74. The molecule has 1 aromatic rings. The molecule has 0 aliphatic rings. The van der Waals surface area contributed by atoms with E-state index in [0.717, 1.165) is 28.1 Å². The van der Waals surface area contributed by atoms with Crippen LogP contribution in [0.2, 0.25) is 0 Å². The van der Waals surface area contributed by atoms with Gasteiger partial charge in [0, 0.05) is 12.2 Å². The van der Waals surface area contributed by atoms with Crippen LogP contribution in [-0.4, -0.2) is 20.9 Å². The molecule has 1 aromatic heterocycles. The lowest BCUT2D eigenvalue weighted by Gasteiger charge is -2.31. The Morgan fingerprint density at radius 2 is 1.89 bits per heavy atom. The summed E-state index contributed by atoms with van der Waals surface area (Å²) in [6.07, 6.45) is 5.92. The van der Waals surface area contributed by atoms with Crippen molar-refractivity contribution in [1.29, 1.82) is 0 Å². The first-order valence-corrected chi connectivity index (χ1v) is 9.15. The highest BCUT2D eigenvalue weighted by Crippen LogP contribution is 2.37. The molecule has 5 heteroatoms. The van der Waals surface area contributed by atoms with Gasteiger partial charge in [0.2, 0.25) is 0 Å². The lowest BCUT2D eigenvalue weighted by atomic mass is 9.83. The molecular weight excluding hydrogens is 280 g/mol. The maximum Gasteiger partial charge on any atom is 0.170 e. The molecule has 0 saturated carbocycles. The van der Waals surface area contributed by atoms with Crippen LogP contribution in [0.4, 0.5) is 0 Å². The van der Waals surface area contributed by atoms with E-state index in [2.05, 4.69) is 42.8 Å². The quantitative estimate of drug-likeness (QED) is 0.528. The van der Waals surface area contributed by atoms with Crippen molar-refractivity contribution < 1.29 is 0 Å². The smallest absolute Gasteiger partial charge is 0.170 e. The van der Waals surface area contributed by atoms with Crippen LogP contribution in [0.25, 0.3) is 0 Å². The minimum Gasteiger partial charge on any atom is -0.213 e. The minimum atomic E-state index is 0.370. The number of hydrogen-bond donors (Lipinski definition) is 1. The molecule has 1 rings (SSSR count). The van der Waals surface area contributed by atoms with E-state index in [9.17, 15) is 0 Å². The molecule has 2 nitrogen and oxygen atoms in total. The van der Waals surface area contributed by atoms with Gasteiger partial charge in [-0.3, -0.25) is 0 Å². The van der Waals surface area contributed by atoms with E-state index in [1.54, 1.807) is 0 Å².